The average molecular weight is 734 g/mol. The highest BCUT2D eigenvalue weighted by atomic mass is 16.3. The summed E-state index contributed by atoms with van der Waals surface area (Å²) < 4.78 is 0. The Balaban J connectivity index is 3.56. The van der Waals surface area contributed by atoms with Crippen LogP contribution in [0, 0.1) is 0 Å². The minimum Gasteiger partial charge on any atom is -0.394 e. The predicted molar refractivity (Wildman–Crippen MR) is 227 cm³/mol. The van der Waals surface area contributed by atoms with Gasteiger partial charge < -0.3 is 20.6 Å². The monoisotopic (exact) mass is 734 g/mol. The molecule has 0 rings (SSSR count). The van der Waals surface area contributed by atoms with Gasteiger partial charge in [-0.1, -0.05) is 224 Å². The molecule has 5 heteroatoms. The van der Waals surface area contributed by atoms with Crippen LogP contribution in [-0.4, -0.2) is 46.1 Å². The molecule has 0 bridgehead atoms. The van der Waals surface area contributed by atoms with E-state index in [0.717, 1.165) is 32.1 Å². The molecule has 0 radical (unpaired) electrons. The van der Waals surface area contributed by atoms with Crippen molar-refractivity contribution in [1.29, 1.82) is 0 Å². The Bertz CT molecular complexity index is 768. The minimum absolute atomic E-state index is 0.362. The van der Waals surface area contributed by atoms with Gasteiger partial charge in [0.1, 0.15) is 6.10 Å². The summed E-state index contributed by atoms with van der Waals surface area (Å²) in [6.45, 7) is 4.17. The summed E-state index contributed by atoms with van der Waals surface area (Å²) in [5, 5.41) is 33.1. The second kappa shape index (κ2) is 42.6. The van der Waals surface area contributed by atoms with Crippen molar-refractivity contribution < 1.29 is 20.1 Å². The summed E-state index contributed by atoms with van der Waals surface area (Å²) in [5.41, 5.74) is 0. The van der Waals surface area contributed by atoms with E-state index in [1.165, 1.54) is 193 Å². The van der Waals surface area contributed by atoms with Gasteiger partial charge in [0.15, 0.2) is 0 Å². The first-order valence-corrected chi connectivity index (χ1v) is 23.2. The molecule has 0 aromatic rings. The van der Waals surface area contributed by atoms with Crippen LogP contribution in [0.4, 0.5) is 0 Å². The molecule has 308 valence electrons. The van der Waals surface area contributed by atoms with Gasteiger partial charge in [0.25, 0.3) is 0 Å². The molecular weight excluding hydrogens is 643 g/mol. The van der Waals surface area contributed by atoms with Crippen LogP contribution in [0.1, 0.15) is 245 Å². The Morgan fingerprint density at radius 1 is 0.462 bits per heavy atom. The van der Waals surface area contributed by atoms with Crippen LogP contribution in [0.3, 0.4) is 0 Å². The van der Waals surface area contributed by atoms with Gasteiger partial charge in [0.2, 0.25) is 5.91 Å². The maximum atomic E-state index is 12.4. The molecular formula is C47H91NO4. The number of amides is 1. The number of carbonyl (C=O) groups excluding carboxylic acids is 1. The summed E-state index contributed by atoms with van der Waals surface area (Å²) in [7, 11) is 0. The van der Waals surface area contributed by atoms with Gasteiger partial charge in [0, 0.05) is 0 Å². The second-order valence-corrected chi connectivity index (χ2v) is 16.0. The number of hydrogen-bond acceptors (Lipinski definition) is 4. The molecule has 0 aromatic carbocycles. The van der Waals surface area contributed by atoms with Crippen LogP contribution < -0.4 is 5.32 Å². The van der Waals surface area contributed by atoms with Crippen LogP contribution in [0.25, 0.3) is 0 Å². The van der Waals surface area contributed by atoms with Gasteiger partial charge in [-0.3, -0.25) is 4.79 Å². The van der Waals surface area contributed by atoms with Crippen molar-refractivity contribution in [3.63, 3.8) is 0 Å². The number of aliphatic hydroxyl groups excluding tert-OH is 3. The van der Waals surface area contributed by atoms with E-state index in [1.54, 1.807) is 6.08 Å². The van der Waals surface area contributed by atoms with Gasteiger partial charge in [0.05, 0.1) is 18.8 Å². The van der Waals surface area contributed by atoms with E-state index in [0.29, 0.717) is 6.42 Å². The number of hydrogen-bond donors (Lipinski definition) is 4. The van der Waals surface area contributed by atoms with Gasteiger partial charge in [-0.05, 0) is 44.9 Å². The predicted octanol–water partition coefficient (Wildman–Crippen LogP) is 13.4. The highest BCUT2D eigenvalue weighted by Crippen LogP contribution is 2.16. The lowest BCUT2D eigenvalue weighted by molar-refractivity contribution is -0.131. The molecule has 52 heavy (non-hydrogen) atoms. The minimum atomic E-state index is -1.10. The van der Waals surface area contributed by atoms with E-state index < -0.39 is 24.2 Å². The van der Waals surface area contributed by atoms with E-state index >= 15 is 0 Å². The topological polar surface area (TPSA) is 89.8 Å². The molecule has 5 nitrogen and oxygen atoms in total. The number of rotatable bonds is 42. The van der Waals surface area contributed by atoms with Crippen LogP contribution in [0.2, 0.25) is 0 Å². The lowest BCUT2D eigenvalue weighted by atomic mass is 10.0. The Labute approximate surface area is 324 Å². The van der Waals surface area contributed by atoms with Gasteiger partial charge >= 0.3 is 0 Å². The zero-order valence-electron chi connectivity index (χ0n) is 35.0. The first-order valence-electron chi connectivity index (χ1n) is 23.2. The smallest absolute Gasteiger partial charge is 0.249 e. The summed E-state index contributed by atoms with van der Waals surface area (Å²) in [4.78, 5) is 12.4. The van der Waals surface area contributed by atoms with E-state index in [1.807, 2.05) is 6.08 Å². The van der Waals surface area contributed by atoms with Gasteiger partial charge in [-0.15, -0.1) is 0 Å². The highest BCUT2D eigenvalue weighted by Gasteiger charge is 2.22. The average Bonchev–Trinajstić information content (AvgIpc) is 3.15. The van der Waals surface area contributed by atoms with Crippen LogP contribution in [-0.2, 0) is 4.79 Å². The Kier molecular flexibility index (Phi) is 41.6. The third-order valence-corrected chi connectivity index (χ3v) is 10.8. The molecule has 3 unspecified atom stereocenters. The Hall–Kier alpha value is -1.17. The zero-order chi connectivity index (χ0) is 38.0. The molecule has 0 aromatic heterocycles. The third-order valence-electron chi connectivity index (χ3n) is 10.8. The van der Waals surface area contributed by atoms with Crippen molar-refractivity contribution in [1.82, 2.24) is 5.32 Å². The lowest BCUT2D eigenvalue weighted by Gasteiger charge is -2.21. The summed E-state index contributed by atoms with van der Waals surface area (Å²) in [5.74, 6) is -0.503. The molecule has 1 amide bonds. The molecule has 0 aliphatic heterocycles. The standard InChI is InChI=1S/C47H91NO4/c1-3-5-7-9-11-13-15-16-17-18-19-20-21-22-23-24-25-26-27-28-29-30-32-34-36-38-40-42-46(51)47(52)48-44(43-49)45(50)41-39-37-35-33-31-14-12-10-8-6-4-2/h22-23,39,41,44-46,49-51H,3-21,24-38,40,42-43H2,1-2H3,(H,48,52)/b23-22-,41-39+. The number of allylic oxidation sites excluding steroid dienone is 3. The number of aliphatic hydroxyl groups is 3. The summed E-state index contributed by atoms with van der Waals surface area (Å²) >= 11 is 0. The Morgan fingerprint density at radius 2 is 0.769 bits per heavy atom. The molecule has 0 aliphatic carbocycles. The number of unbranched alkanes of at least 4 members (excludes halogenated alkanes) is 32. The molecule has 4 N–H and O–H groups in total. The van der Waals surface area contributed by atoms with Crippen LogP contribution >= 0.6 is 0 Å². The highest BCUT2D eigenvalue weighted by molar-refractivity contribution is 5.80. The zero-order valence-corrected chi connectivity index (χ0v) is 35.0. The van der Waals surface area contributed by atoms with Gasteiger partial charge in [-0.2, -0.15) is 0 Å². The maximum Gasteiger partial charge on any atom is 0.249 e. The first-order chi connectivity index (χ1) is 25.6. The summed E-state index contributed by atoms with van der Waals surface area (Å²) in [6.07, 6.45) is 52.3. The van der Waals surface area contributed by atoms with Gasteiger partial charge in [-0.25, -0.2) is 0 Å². The third kappa shape index (κ3) is 37.2. The van der Waals surface area contributed by atoms with Crippen molar-refractivity contribution in [2.24, 2.45) is 0 Å². The van der Waals surface area contributed by atoms with Crippen molar-refractivity contribution in [2.45, 2.75) is 263 Å². The maximum absolute atomic E-state index is 12.4. The fourth-order valence-electron chi connectivity index (χ4n) is 7.12. The van der Waals surface area contributed by atoms with E-state index in [4.69, 9.17) is 0 Å². The SMILES string of the molecule is CCCCCCCCCCC/C=C/C(O)C(CO)NC(=O)C(O)CCCCCCCCCCCCC/C=C\CCCCCCCCCCCCCC. The quantitative estimate of drug-likeness (QED) is 0.0371. The molecule has 0 heterocycles. The number of carbonyl (C=O) groups is 1. The molecule has 0 fully saturated rings. The molecule has 0 saturated carbocycles. The molecule has 0 saturated heterocycles. The Morgan fingerprint density at radius 3 is 1.12 bits per heavy atom. The summed E-state index contributed by atoms with van der Waals surface area (Å²) in [6, 6.07) is -0.794. The number of nitrogens with one attached hydrogen (secondary N) is 1. The van der Waals surface area contributed by atoms with E-state index in [-0.39, 0.29) is 6.61 Å². The van der Waals surface area contributed by atoms with Crippen molar-refractivity contribution in [3.8, 4) is 0 Å². The second-order valence-electron chi connectivity index (χ2n) is 16.0. The van der Waals surface area contributed by atoms with Crippen molar-refractivity contribution >= 4 is 5.91 Å². The van der Waals surface area contributed by atoms with Crippen molar-refractivity contribution in [3.05, 3.63) is 24.3 Å². The molecule has 3 atom stereocenters. The van der Waals surface area contributed by atoms with Crippen molar-refractivity contribution in [2.75, 3.05) is 6.61 Å². The van der Waals surface area contributed by atoms with Crippen LogP contribution in [0.5, 0.6) is 0 Å². The lowest BCUT2D eigenvalue weighted by Crippen LogP contribution is -2.48. The molecule has 0 spiro atoms. The largest absolute Gasteiger partial charge is 0.394 e. The molecule has 0 aliphatic rings. The fourth-order valence-corrected chi connectivity index (χ4v) is 7.12. The fraction of sp³-hybridized carbons (Fsp3) is 0.894. The van der Waals surface area contributed by atoms with E-state index in [9.17, 15) is 20.1 Å². The van der Waals surface area contributed by atoms with Crippen LogP contribution in [0.15, 0.2) is 24.3 Å². The normalized spacial score (nSPS) is 13.7. The first kappa shape index (κ1) is 50.8. The van der Waals surface area contributed by atoms with E-state index in [2.05, 4.69) is 31.3 Å².